The van der Waals surface area contributed by atoms with Crippen molar-refractivity contribution in [1.29, 1.82) is 0 Å². The van der Waals surface area contributed by atoms with Crippen molar-refractivity contribution in [3.63, 3.8) is 0 Å². The number of carbonyl (C=O) groups is 2. The van der Waals surface area contributed by atoms with Crippen LogP contribution in [0.2, 0.25) is 0 Å². The van der Waals surface area contributed by atoms with Gasteiger partial charge in [-0.25, -0.2) is 0 Å². The van der Waals surface area contributed by atoms with Gasteiger partial charge in [0.1, 0.15) is 0 Å². The third-order valence-electron chi connectivity index (χ3n) is 1.46. The fraction of sp³-hybridized carbons (Fsp3) is 0. The zero-order valence-corrected chi connectivity index (χ0v) is 8.55. The lowest BCUT2D eigenvalue weighted by Crippen LogP contribution is -1.76. The molecule has 66 valence electrons. The molecule has 0 fully saturated rings. The van der Waals surface area contributed by atoms with Gasteiger partial charge in [-0.15, -0.1) is 11.3 Å². The summed E-state index contributed by atoms with van der Waals surface area (Å²) < 4.78 is 1.22. The number of thiophene rings is 1. The van der Waals surface area contributed by atoms with Crippen LogP contribution in [0.4, 0.5) is 0 Å². The first-order valence-electron chi connectivity index (χ1n) is 3.23. The molecule has 0 spiro atoms. The molecule has 2 heterocycles. The van der Waals surface area contributed by atoms with Gasteiger partial charge in [0, 0.05) is 0 Å². The van der Waals surface area contributed by atoms with Gasteiger partial charge in [0.2, 0.25) is 0 Å². The number of hydrogen-bond donors (Lipinski definition) is 0. The largest absolute Gasteiger partial charge is 0.297 e. The minimum atomic E-state index is -0.0796. The maximum Gasteiger partial charge on any atom is 0.288 e. The Morgan fingerprint density at radius 2 is 1.31 bits per heavy atom. The van der Waals surface area contributed by atoms with Gasteiger partial charge in [-0.2, -0.15) is 0 Å². The number of fused-ring (bicyclic) bond motifs is 1. The van der Waals surface area contributed by atoms with Crippen molar-refractivity contribution >= 4 is 56.0 Å². The van der Waals surface area contributed by atoms with Crippen LogP contribution in [0.5, 0.6) is 0 Å². The van der Waals surface area contributed by atoms with Crippen LogP contribution < -0.4 is 4.06 Å². The highest BCUT2D eigenvalue weighted by Gasteiger charge is 2.13. The van der Waals surface area contributed by atoms with Crippen molar-refractivity contribution in [2.45, 2.75) is 0 Å². The molecule has 0 saturated heterocycles. The molecule has 0 unspecified atom stereocenters. The summed E-state index contributed by atoms with van der Waals surface area (Å²) >= 11 is 3.18. The van der Waals surface area contributed by atoms with Crippen LogP contribution in [0.1, 0.15) is 19.3 Å². The lowest BCUT2D eigenvalue weighted by Gasteiger charge is -1.74. The van der Waals surface area contributed by atoms with E-state index in [1.807, 2.05) is 0 Å². The summed E-state index contributed by atoms with van der Waals surface area (Å²) in [6, 6.07) is 0. The standard InChI is InChI=1S/C7H2O3S3/c8-1-3-5-6(4(2-9)11-3)13-7(10)12-5/h1-2H. The highest BCUT2D eigenvalue weighted by Crippen LogP contribution is 2.33. The van der Waals surface area contributed by atoms with Crippen molar-refractivity contribution in [3.05, 3.63) is 18.6 Å². The second kappa shape index (κ2) is 3.13. The van der Waals surface area contributed by atoms with Gasteiger partial charge < -0.3 is 0 Å². The van der Waals surface area contributed by atoms with Crippen LogP contribution in [0.25, 0.3) is 9.40 Å². The number of aldehydes is 2. The van der Waals surface area contributed by atoms with Crippen LogP contribution in [-0.2, 0) is 0 Å². The Bertz CT molecular complexity index is 487. The van der Waals surface area contributed by atoms with E-state index in [-0.39, 0.29) is 4.06 Å². The summed E-state index contributed by atoms with van der Waals surface area (Å²) in [5, 5.41) is 0. The summed E-state index contributed by atoms with van der Waals surface area (Å²) in [6.07, 6.45) is 1.37. The van der Waals surface area contributed by atoms with Crippen LogP contribution in [0, 0.1) is 0 Å². The van der Waals surface area contributed by atoms with Gasteiger partial charge in [-0.3, -0.25) is 14.4 Å². The molecule has 3 nitrogen and oxygen atoms in total. The van der Waals surface area contributed by atoms with Crippen molar-refractivity contribution in [3.8, 4) is 0 Å². The Balaban J connectivity index is 2.95. The molecule has 0 aromatic carbocycles. The van der Waals surface area contributed by atoms with E-state index in [0.29, 0.717) is 31.7 Å². The van der Waals surface area contributed by atoms with Crippen molar-refractivity contribution in [2.75, 3.05) is 0 Å². The predicted octanol–water partition coefficient (Wildman–Crippen LogP) is 2.01. The van der Waals surface area contributed by atoms with Gasteiger partial charge >= 0.3 is 0 Å². The molecule has 0 N–H and O–H groups in total. The van der Waals surface area contributed by atoms with E-state index in [9.17, 15) is 14.4 Å². The lowest BCUT2D eigenvalue weighted by atomic mass is 10.4. The molecule has 6 heteroatoms. The van der Waals surface area contributed by atoms with Crippen LogP contribution in [0.3, 0.4) is 0 Å². The quantitative estimate of drug-likeness (QED) is 0.741. The highest BCUT2D eigenvalue weighted by molar-refractivity contribution is 7.39. The molecule has 0 atom stereocenters. The summed E-state index contributed by atoms with van der Waals surface area (Å²) in [5.41, 5.74) is 0. The molecule has 0 aliphatic carbocycles. The summed E-state index contributed by atoms with van der Waals surface area (Å²) in [7, 11) is 0. The van der Waals surface area contributed by atoms with E-state index in [4.69, 9.17) is 0 Å². The molecule has 0 aliphatic heterocycles. The van der Waals surface area contributed by atoms with Gasteiger partial charge in [0.25, 0.3) is 4.06 Å². The lowest BCUT2D eigenvalue weighted by molar-refractivity contribution is 0.112. The first-order chi connectivity index (χ1) is 6.26. The van der Waals surface area contributed by atoms with Crippen LogP contribution >= 0.6 is 34.0 Å². The van der Waals surface area contributed by atoms with E-state index < -0.39 is 0 Å². The first-order valence-corrected chi connectivity index (χ1v) is 5.68. The molecular formula is C7H2O3S3. The zero-order valence-electron chi connectivity index (χ0n) is 6.10. The van der Waals surface area contributed by atoms with Gasteiger partial charge in [0.05, 0.1) is 19.2 Å². The molecular weight excluding hydrogens is 228 g/mol. The molecule has 0 aliphatic rings. The van der Waals surface area contributed by atoms with Crippen molar-refractivity contribution in [1.82, 2.24) is 0 Å². The normalized spacial score (nSPS) is 10.5. The van der Waals surface area contributed by atoms with E-state index in [0.717, 1.165) is 34.0 Å². The maximum atomic E-state index is 11.0. The third-order valence-corrected chi connectivity index (χ3v) is 4.98. The number of carbonyl (C=O) groups excluding carboxylic acids is 2. The SMILES string of the molecule is O=Cc1sc(C=O)c2sc(=O)sc12. The number of hydrogen-bond acceptors (Lipinski definition) is 6. The smallest absolute Gasteiger partial charge is 0.288 e. The molecule has 0 amide bonds. The fourth-order valence-corrected chi connectivity index (χ4v) is 4.28. The third kappa shape index (κ3) is 1.27. The Morgan fingerprint density at radius 3 is 1.69 bits per heavy atom. The highest BCUT2D eigenvalue weighted by atomic mass is 32.2. The fourth-order valence-electron chi connectivity index (χ4n) is 0.971. The van der Waals surface area contributed by atoms with E-state index in [1.165, 1.54) is 0 Å². The summed E-state index contributed by atoms with van der Waals surface area (Å²) in [4.78, 5) is 33.1. The maximum absolute atomic E-state index is 11.0. The van der Waals surface area contributed by atoms with E-state index in [2.05, 4.69) is 0 Å². The first kappa shape index (κ1) is 8.74. The summed E-state index contributed by atoms with van der Waals surface area (Å²) in [5.74, 6) is 0. The Morgan fingerprint density at radius 1 is 0.846 bits per heavy atom. The molecule has 0 radical (unpaired) electrons. The zero-order chi connectivity index (χ0) is 9.42. The van der Waals surface area contributed by atoms with Gasteiger partial charge in [-0.05, 0) is 0 Å². The molecule has 0 bridgehead atoms. The average molecular weight is 230 g/mol. The summed E-state index contributed by atoms with van der Waals surface area (Å²) in [6.45, 7) is 0. The average Bonchev–Trinajstić information content (AvgIpc) is 2.61. The second-order valence-corrected chi connectivity index (χ2v) is 5.49. The van der Waals surface area contributed by atoms with E-state index in [1.54, 1.807) is 0 Å². The van der Waals surface area contributed by atoms with Crippen LogP contribution in [0.15, 0.2) is 4.79 Å². The topological polar surface area (TPSA) is 51.2 Å². The van der Waals surface area contributed by atoms with Crippen molar-refractivity contribution in [2.24, 2.45) is 0 Å². The minimum absolute atomic E-state index is 0.0796. The van der Waals surface area contributed by atoms with Crippen LogP contribution in [-0.4, -0.2) is 12.6 Å². The Hall–Kier alpha value is -0.850. The predicted molar refractivity (Wildman–Crippen MR) is 54.6 cm³/mol. The van der Waals surface area contributed by atoms with Crippen molar-refractivity contribution < 1.29 is 9.59 Å². The molecule has 0 saturated carbocycles. The van der Waals surface area contributed by atoms with Gasteiger partial charge in [0.15, 0.2) is 12.6 Å². The molecule has 2 aromatic heterocycles. The molecule has 13 heavy (non-hydrogen) atoms. The Labute approximate surface area is 84.3 Å². The Kier molecular flexibility index (Phi) is 2.10. The van der Waals surface area contributed by atoms with E-state index >= 15 is 0 Å². The minimum Gasteiger partial charge on any atom is -0.297 e. The second-order valence-electron chi connectivity index (χ2n) is 2.18. The molecule has 2 aromatic rings. The monoisotopic (exact) mass is 230 g/mol. The van der Waals surface area contributed by atoms with Gasteiger partial charge in [-0.1, -0.05) is 22.7 Å². The molecule has 2 rings (SSSR count). The number of rotatable bonds is 2.